The van der Waals surface area contributed by atoms with E-state index in [4.69, 9.17) is 10.5 Å². The summed E-state index contributed by atoms with van der Waals surface area (Å²) < 4.78 is 5.04. The van der Waals surface area contributed by atoms with Crippen molar-refractivity contribution in [3.8, 4) is 0 Å². The Labute approximate surface area is 98.8 Å². The van der Waals surface area contributed by atoms with Crippen molar-refractivity contribution in [2.45, 2.75) is 32.1 Å². The lowest BCUT2D eigenvalue weighted by molar-refractivity contribution is 0.0530. The first kappa shape index (κ1) is 11.5. The number of rotatable bonds is 5. The Balaban J connectivity index is 2.22. The van der Waals surface area contributed by atoms with Crippen molar-refractivity contribution >= 4 is 17.3 Å². The van der Waals surface area contributed by atoms with Crippen molar-refractivity contribution in [3.05, 3.63) is 15.6 Å². The van der Waals surface area contributed by atoms with Gasteiger partial charge in [-0.3, -0.25) is 0 Å². The summed E-state index contributed by atoms with van der Waals surface area (Å²) in [6.45, 7) is 2.80. The molecule has 1 aliphatic carbocycles. The van der Waals surface area contributed by atoms with E-state index in [1.165, 1.54) is 11.3 Å². The second-order valence-corrected chi connectivity index (χ2v) is 4.94. The molecule has 4 nitrogen and oxygen atoms in total. The quantitative estimate of drug-likeness (QED) is 0.795. The highest BCUT2D eigenvalue weighted by Crippen LogP contribution is 2.42. The fraction of sp³-hybridized carbons (Fsp3) is 0.636. The molecule has 0 aliphatic heterocycles. The number of nitrogens with two attached hydrogens (primary N) is 1. The third-order valence-electron chi connectivity index (χ3n) is 2.48. The number of aromatic nitrogens is 1. The number of esters is 1. The summed E-state index contributed by atoms with van der Waals surface area (Å²) in [5.74, 6) is 0.243. The van der Waals surface area contributed by atoms with Gasteiger partial charge in [0.2, 0.25) is 0 Å². The lowest BCUT2D eigenvalue weighted by atomic mass is 10.2. The molecule has 1 fully saturated rings. The van der Waals surface area contributed by atoms with Crippen molar-refractivity contribution in [1.82, 2.24) is 4.98 Å². The molecule has 0 radical (unpaired) electrons. The zero-order valence-electron chi connectivity index (χ0n) is 9.36. The number of nitrogens with zero attached hydrogens (tertiary/aromatic N) is 1. The van der Waals surface area contributed by atoms with Crippen LogP contribution >= 0.6 is 11.3 Å². The number of carbonyl (C=O) groups is 1. The molecule has 1 aromatic rings. The molecule has 16 heavy (non-hydrogen) atoms. The first-order valence-electron chi connectivity index (χ1n) is 5.63. The van der Waals surface area contributed by atoms with E-state index in [1.807, 2.05) is 6.92 Å². The Hall–Kier alpha value is -0.940. The lowest BCUT2D eigenvalue weighted by Gasteiger charge is -1.99. The first-order chi connectivity index (χ1) is 7.76. The van der Waals surface area contributed by atoms with Gasteiger partial charge in [-0.2, -0.15) is 0 Å². The SMILES string of the molecule is CCOC(=O)c1sc(CCN)nc1C1CC1. The van der Waals surface area contributed by atoms with Crippen LogP contribution in [0.15, 0.2) is 0 Å². The van der Waals surface area contributed by atoms with E-state index in [1.54, 1.807) is 0 Å². The number of thiazole rings is 1. The maximum Gasteiger partial charge on any atom is 0.350 e. The topological polar surface area (TPSA) is 65.2 Å². The van der Waals surface area contributed by atoms with Gasteiger partial charge in [0.15, 0.2) is 0 Å². The molecule has 0 bridgehead atoms. The van der Waals surface area contributed by atoms with E-state index in [2.05, 4.69) is 4.98 Å². The van der Waals surface area contributed by atoms with Crippen LogP contribution in [0.25, 0.3) is 0 Å². The summed E-state index contributed by atoms with van der Waals surface area (Å²) in [6.07, 6.45) is 3.01. The molecule has 88 valence electrons. The maximum atomic E-state index is 11.7. The van der Waals surface area contributed by atoms with E-state index in [9.17, 15) is 4.79 Å². The molecule has 0 atom stereocenters. The largest absolute Gasteiger partial charge is 0.462 e. The van der Waals surface area contributed by atoms with Crippen molar-refractivity contribution in [1.29, 1.82) is 0 Å². The van der Waals surface area contributed by atoms with E-state index in [-0.39, 0.29) is 5.97 Å². The minimum atomic E-state index is -0.231. The highest BCUT2D eigenvalue weighted by molar-refractivity contribution is 7.13. The van der Waals surface area contributed by atoms with Crippen molar-refractivity contribution in [2.75, 3.05) is 13.2 Å². The molecule has 2 N–H and O–H groups in total. The van der Waals surface area contributed by atoms with E-state index in [0.29, 0.717) is 23.9 Å². The fourth-order valence-electron chi connectivity index (χ4n) is 1.58. The second-order valence-electron chi connectivity index (χ2n) is 3.86. The Bertz CT molecular complexity index is 385. The van der Waals surface area contributed by atoms with Gasteiger partial charge in [0.25, 0.3) is 0 Å². The van der Waals surface area contributed by atoms with Gasteiger partial charge in [-0.25, -0.2) is 9.78 Å². The van der Waals surface area contributed by atoms with Gasteiger partial charge in [0, 0.05) is 12.3 Å². The molecule has 5 heteroatoms. The maximum absolute atomic E-state index is 11.7. The van der Waals surface area contributed by atoms with Gasteiger partial charge >= 0.3 is 5.97 Å². The molecule has 2 rings (SSSR count). The van der Waals surface area contributed by atoms with Gasteiger partial charge in [-0.05, 0) is 26.3 Å². The summed E-state index contributed by atoms with van der Waals surface area (Å²) in [6, 6.07) is 0. The minimum absolute atomic E-state index is 0.231. The van der Waals surface area contributed by atoms with Crippen LogP contribution in [0.2, 0.25) is 0 Å². The summed E-state index contributed by atoms with van der Waals surface area (Å²) in [7, 11) is 0. The molecule has 1 aliphatic rings. The van der Waals surface area contributed by atoms with Gasteiger partial charge in [-0.15, -0.1) is 11.3 Å². The van der Waals surface area contributed by atoms with E-state index < -0.39 is 0 Å². The molecule has 1 aromatic heterocycles. The fourth-order valence-corrected chi connectivity index (χ4v) is 2.64. The molecule has 1 heterocycles. The summed E-state index contributed by atoms with van der Waals surface area (Å²) >= 11 is 1.43. The zero-order valence-corrected chi connectivity index (χ0v) is 10.2. The van der Waals surface area contributed by atoms with E-state index >= 15 is 0 Å². The van der Waals surface area contributed by atoms with Crippen LogP contribution in [0, 0.1) is 0 Å². The Morgan fingerprint density at radius 2 is 2.38 bits per heavy atom. The molecule has 0 amide bonds. The van der Waals surface area contributed by atoms with Crippen LogP contribution in [0.4, 0.5) is 0 Å². The van der Waals surface area contributed by atoms with Crippen LogP contribution < -0.4 is 5.73 Å². The van der Waals surface area contributed by atoms with Gasteiger partial charge in [-0.1, -0.05) is 0 Å². The minimum Gasteiger partial charge on any atom is -0.462 e. The summed E-state index contributed by atoms with van der Waals surface area (Å²) in [5.41, 5.74) is 6.43. The van der Waals surface area contributed by atoms with E-state index in [0.717, 1.165) is 30.0 Å². The number of hydrogen-bond acceptors (Lipinski definition) is 5. The lowest BCUT2D eigenvalue weighted by Crippen LogP contribution is -2.05. The van der Waals surface area contributed by atoms with Crippen LogP contribution in [0.5, 0.6) is 0 Å². The average Bonchev–Trinajstić information content (AvgIpc) is 3.01. The molecule has 0 saturated heterocycles. The monoisotopic (exact) mass is 240 g/mol. The molecule has 0 unspecified atom stereocenters. The normalized spacial score (nSPS) is 15.1. The number of carbonyl (C=O) groups excluding carboxylic acids is 1. The summed E-state index contributed by atoms with van der Waals surface area (Å²) in [4.78, 5) is 16.9. The molecule has 1 saturated carbocycles. The number of ether oxygens (including phenoxy) is 1. The molecule has 0 aromatic carbocycles. The van der Waals surface area contributed by atoms with Crippen LogP contribution in [0.1, 0.15) is 46.1 Å². The van der Waals surface area contributed by atoms with Crippen LogP contribution in [0.3, 0.4) is 0 Å². The Kier molecular flexibility index (Phi) is 3.56. The Morgan fingerprint density at radius 3 is 2.94 bits per heavy atom. The Morgan fingerprint density at radius 1 is 1.62 bits per heavy atom. The van der Waals surface area contributed by atoms with Gasteiger partial charge < -0.3 is 10.5 Å². The molecular weight excluding hydrogens is 224 g/mol. The average molecular weight is 240 g/mol. The van der Waals surface area contributed by atoms with Gasteiger partial charge in [0.1, 0.15) is 4.88 Å². The van der Waals surface area contributed by atoms with Crippen molar-refractivity contribution < 1.29 is 9.53 Å². The smallest absolute Gasteiger partial charge is 0.350 e. The van der Waals surface area contributed by atoms with Crippen LogP contribution in [-0.4, -0.2) is 24.1 Å². The first-order valence-corrected chi connectivity index (χ1v) is 6.44. The zero-order chi connectivity index (χ0) is 11.5. The van der Waals surface area contributed by atoms with Crippen molar-refractivity contribution in [3.63, 3.8) is 0 Å². The third kappa shape index (κ3) is 2.41. The highest BCUT2D eigenvalue weighted by atomic mass is 32.1. The summed E-state index contributed by atoms with van der Waals surface area (Å²) in [5, 5.41) is 0.951. The van der Waals surface area contributed by atoms with Crippen molar-refractivity contribution in [2.24, 2.45) is 5.73 Å². The van der Waals surface area contributed by atoms with Crippen LogP contribution in [-0.2, 0) is 11.2 Å². The predicted molar refractivity (Wildman–Crippen MR) is 62.8 cm³/mol. The predicted octanol–water partition coefficient (Wildman–Crippen LogP) is 1.70. The van der Waals surface area contributed by atoms with Gasteiger partial charge in [0.05, 0.1) is 17.3 Å². The highest BCUT2D eigenvalue weighted by Gasteiger charge is 2.32. The standard InChI is InChI=1S/C11H16N2O2S/c1-2-15-11(14)10-9(7-3-4-7)13-8(16-10)5-6-12/h7H,2-6,12H2,1H3. The molecule has 0 spiro atoms. The third-order valence-corrected chi connectivity index (χ3v) is 3.59. The second kappa shape index (κ2) is 4.93. The molecular formula is C11H16N2O2S. The number of hydrogen-bond donors (Lipinski definition) is 1.